The molecule has 0 bridgehead atoms. The van der Waals surface area contributed by atoms with E-state index < -0.39 is 0 Å². The number of amides is 2. The predicted octanol–water partition coefficient (Wildman–Crippen LogP) is 3.16. The minimum absolute atomic E-state index is 0.0954. The van der Waals surface area contributed by atoms with E-state index in [9.17, 15) is 18.8 Å². The van der Waals surface area contributed by atoms with Crippen molar-refractivity contribution in [3.63, 3.8) is 0 Å². The molecule has 1 aliphatic carbocycles. The lowest BCUT2D eigenvalue weighted by Gasteiger charge is -2.34. The lowest BCUT2D eigenvalue weighted by molar-refractivity contribution is -0.124. The zero-order valence-electron chi connectivity index (χ0n) is 19.0. The van der Waals surface area contributed by atoms with E-state index in [4.69, 9.17) is 0 Å². The first kappa shape index (κ1) is 23.6. The maximum atomic E-state index is 13.1. The lowest BCUT2D eigenvalue weighted by Crippen LogP contribution is -2.51. The normalized spacial score (nSPS) is 19.1. The molecular weight excluding hydrogens is 435 g/mol. The second-order valence-corrected chi connectivity index (χ2v) is 8.64. The molecule has 2 aromatic rings. The first-order valence-corrected chi connectivity index (χ1v) is 11.6. The quantitative estimate of drug-likeness (QED) is 0.390. The van der Waals surface area contributed by atoms with Gasteiger partial charge < -0.3 is 15.5 Å². The van der Waals surface area contributed by atoms with E-state index in [1.807, 2.05) is 30.3 Å². The highest BCUT2D eigenvalue weighted by Gasteiger charge is 2.31. The molecule has 2 amide bonds. The van der Waals surface area contributed by atoms with E-state index in [0.717, 1.165) is 30.9 Å². The van der Waals surface area contributed by atoms with Crippen molar-refractivity contribution in [1.29, 1.82) is 0 Å². The number of carbonyl (C=O) groups excluding carboxylic acids is 3. The van der Waals surface area contributed by atoms with Crippen LogP contribution in [0.3, 0.4) is 0 Å². The molecule has 0 unspecified atom stereocenters. The predicted molar refractivity (Wildman–Crippen MR) is 128 cm³/mol. The minimum Gasteiger partial charge on any atom is -0.389 e. The van der Waals surface area contributed by atoms with E-state index in [1.165, 1.54) is 18.3 Å². The van der Waals surface area contributed by atoms with Crippen molar-refractivity contribution in [1.82, 2.24) is 15.1 Å². The summed E-state index contributed by atoms with van der Waals surface area (Å²) in [5.74, 6) is -0.903. The van der Waals surface area contributed by atoms with E-state index >= 15 is 0 Å². The number of benzene rings is 2. The van der Waals surface area contributed by atoms with Crippen LogP contribution >= 0.6 is 0 Å². The summed E-state index contributed by atoms with van der Waals surface area (Å²) in [5, 5.41) is 6.01. The summed E-state index contributed by atoms with van der Waals surface area (Å²) >= 11 is 0. The van der Waals surface area contributed by atoms with Crippen LogP contribution in [0, 0.1) is 5.82 Å². The fraction of sp³-hybridized carbons (Fsp3) is 0.346. The molecule has 1 aliphatic heterocycles. The molecule has 0 spiro atoms. The number of ketones is 2. The highest BCUT2D eigenvalue weighted by atomic mass is 19.1. The Morgan fingerprint density at radius 1 is 0.941 bits per heavy atom. The third-order valence-electron chi connectivity index (χ3n) is 6.31. The average Bonchev–Trinajstić information content (AvgIpc) is 2.84. The van der Waals surface area contributed by atoms with Crippen LogP contribution in [0.4, 0.5) is 14.9 Å². The molecule has 2 aromatic carbocycles. The number of carbonyl (C=O) groups is 3. The number of hydrogen-bond acceptors (Lipinski definition) is 5. The number of anilines is 1. The Balaban J connectivity index is 1.18. The van der Waals surface area contributed by atoms with Crippen LogP contribution in [0.25, 0.3) is 0 Å². The molecule has 0 atom stereocenters. The summed E-state index contributed by atoms with van der Waals surface area (Å²) in [5.41, 5.74) is 1.80. The van der Waals surface area contributed by atoms with Gasteiger partial charge in [-0.15, -0.1) is 0 Å². The number of rotatable bonds is 6. The molecule has 0 aromatic heterocycles. The summed E-state index contributed by atoms with van der Waals surface area (Å²) in [6.07, 6.45) is 2.03. The molecule has 2 N–H and O–H groups in total. The highest BCUT2D eigenvalue weighted by molar-refractivity contribution is 6.22. The number of nitrogens with zero attached hydrogens (tertiary/aromatic N) is 2. The number of nitrogens with one attached hydrogen (secondary N) is 2. The SMILES string of the molecule is O=C1CC(c2ccc(F)cc2)CC(=O)C1=CNCCN1CCN(C(=O)Nc2ccccc2)CC1. The van der Waals surface area contributed by atoms with Crippen LogP contribution in [0.1, 0.15) is 24.3 Å². The van der Waals surface area contributed by atoms with Crippen LogP contribution in [0.5, 0.6) is 0 Å². The molecule has 1 saturated heterocycles. The van der Waals surface area contributed by atoms with Crippen molar-refractivity contribution in [2.75, 3.05) is 44.6 Å². The van der Waals surface area contributed by atoms with E-state index in [-0.39, 0.29) is 47.7 Å². The number of halogens is 1. The standard InChI is InChI=1S/C26H29FN4O3/c27-21-8-6-19(7-9-21)20-16-24(32)23(25(33)17-20)18-28-10-11-30-12-14-31(15-13-30)26(34)29-22-4-2-1-3-5-22/h1-9,18,20,28H,10-17H2,(H,29,34). The topological polar surface area (TPSA) is 81.8 Å². The van der Waals surface area contributed by atoms with E-state index in [0.29, 0.717) is 19.6 Å². The first-order chi connectivity index (χ1) is 16.5. The Hall–Kier alpha value is -3.52. The number of piperazine rings is 1. The smallest absolute Gasteiger partial charge is 0.321 e. The van der Waals surface area contributed by atoms with Crippen molar-refractivity contribution >= 4 is 23.3 Å². The average molecular weight is 465 g/mol. The van der Waals surface area contributed by atoms with Crippen LogP contribution in [0.2, 0.25) is 0 Å². The number of urea groups is 1. The van der Waals surface area contributed by atoms with Gasteiger partial charge in [0.25, 0.3) is 0 Å². The summed E-state index contributed by atoms with van der Waals surface area (Å²) in [7, 11) is 0. The van der Waals surface area contributed by atoms with Gasteiger partial charge in [-0.3, -0.25) is 14.5 Å². The zero-order valence-corrected chi connectivity index (χ0v) is 19.0. The summed E-state index contributed by atoms with van der Waals surface area (Å²) < 4.78 is 13.1. The zero-order chi connectivity index (χ0) is 23.9. The van der Waals surface area contributed by atoms with Crippen molar-refractivity contribution in [3.05, 3.63) is 77.8 Å². The first-order valence-electron chi connectivity index (χ1n) is 11.6. The highest BCUT2D eigenvalue weighted by Crippen LogP contribution is 2.31. The maximum Gasteiger partial charge on any atom is 0.321 e. The third-order valence-corrected chi connectivity index (χ3v) is 6.31. The van der Waals surface area contributed by atoms with Crippen LogP contribution < -0.4 is 10.6 Å². The van der Waals surface area contributed by atoms with Crippen molar-refractivity contribution < 1.29 is 18.8 Å². The molecular formula is C26H29FN4O3. The molecule has 0 radical (unpaired) electrons. The molecule has 178 valence electrons. The number of para-hydroxylation sites is 1. The maximum absolute atomic E-state index is 13.1. The van der Waals surface area contributed by atoms with Gasteiger partial charge in [-0.1, -0.05) is 30.3 Å². The minimum atomic E-state index is -0.334. The van der Waals surface area contributed by atoms with Gasteiger partial charge in [-0.05, 0) is 35.7 Å². The van der Waals surface area contributed by atoms with Gasteiger partial charge in [-0.2, -0.15) is 0 Å². The Labute approximate surface area is 198 Å². The molecule has 1 saturated carbocycles. The largest absolute Gasteiger partial charge is 0.389 e. The van der Waals surface area contributed by atoms with Gasteiger partial charge >= 0.3 is 6.03 Å². The van der Waals surface area contributed by atoms with Gasteiger partial charge in [0, 0.05) is 64.0 Å². The van der Waals surface area contributed by atoms with E-state index in [2.05, 4.69) is 15.5 Å². The third kappa shape index (κ3) is 6.08. The molecule has 1 heterocycles. The summed E-state index contributed by atoms with van der Waals surface area (Å²) in [4.78, 5) is 41.5. The molecule has 8 heteroatoms. The molecule has 2 fully saturated rings. The molecule has 2 aliphatic rings. The second-order valence-electron chi connectivity index (χ2n) is 8.64. The molecule has 4 rings (SSSR count). The van der Waals surface area contributed by atoms with Gasteiger partial charge in [0.2, 0.25) is 0 Å². The summed E-state index contributed by atoms with van der Waals surface area (Å²) in [6.45, 7) is 4.15. The van der Waals surface area contributed by atoms with Crippen molar-refractivity contribution in [3.8, 4) is 0 Å². The monoisotopic (exact) mass is 464 g/mol. The van der Waals surface area contributed by atoms with Crippen LogP contribution in [-0.4, -0.2) is 66.7 Å². The van der Waals surface area contributed by atoms with Crippen molar-refractivity contribution in [2.24, 2.45) is 0 Å². The second kappa shape index (κ2) is 11.1. The molecule has 7 nitrogen and oxygen atoms in total. The number of Topliss-reactive ketones (excluding diaryl/α,β-unsaturated/α-hetero) is 2. The Kier molecular flexibility index (Phi) is 7.69. The Morgan fingerprint density at radius 3 is 2.24 bits per heavy atom. The summed E-state index contributed by atoms with van der Waals surface area (Å²) in [6, 6.07) is 15.3. The fourth-order valence-corrected chi connectivity index (χ4v) is 4.32. The Morgan fingerprint density at radius 2 is 1.59 bits per heavy atom. The lowest BCUT2D eigenvalue weighted by atomic mass is 9.80. The number of hydrogen-bond donors (Lipinski definition) is 2. The van der Waals surface area contributed by atoms with E-state index in [1.54, 1.807) is 17.0 Å². The van der Waals surface area contributed by atoms with Crippen LogP contribution in [0.15, 0.2) is 66.4 Å². The van der Waals surface area contributed by atoms with Gasteiger partial charge in [0.1, 0.15) is 5.82 Å². The van der Waals surface area contributed by atoms with Crippen LogP contribution in [-0.2, 0) is 9.59 Å². The van der Waals surface area contributed by atoms with Gasteiger partial charge in [0.15, 0.2) is 11.6 Å². The van der Waals surface area contributed by atoms with Gasteiger partial charge in [0.05, 0.1) is 5.57 Å². The molecule has 34 heavy (non-hydrogen) atoms. The van der Waals surface area contributed by atoms with Gasteiger partial charge in [-0.25, -0.2) is 9.18 Å². The number of allylic oxidation sites excluding steroid dienone is 1. The Bertz CT molecular complexity index is 1030. The van der Waals surface area contributed by atoms with Crippen molar-refractivity contribution in [2.45, 2.75) is 18.8 Å². The fourth-order valence-electron chi connectivity index (χ4n) is 4.32.